The number of rotatable bonds is 7. The maximum absolute atomic E-state index is 12.7. The quantitative estimate of drug-likeness (QED) is 0.670. The van der Waals surface area contributed by atoms with Crippen LogP contribution in [-0.4, -0.2) is 50.2 Å². The summed E-state index contributed by atoms with van der Waals surface area (Å²) in [6, 6.07) is -0.568. The van der Waals surface area contributed by atoms with Gasteiger partial charge in [-0.05, 0) is 18.8 Å². The van der Waals surface area contributed by atoms with Gasteiger partial charge < -0.3 is 14.8 Å². The Balaban J connectivity index is 2.90. The molecule has 23 heavy (non-hydrogen) atoms. The first-order valence-corrected chi connectivity index (χ1v) is 8.07. The Labute approximate surface area is 137 Å². The lowest BCUT2D eigenvalue weighted by Gasteiger charge is -2.39. The molecule has 132 valence electrons. The molecule has 1 aliphatic carbocycles. The van der Waals surface area contributed by atoms with Gasteiger partial charge in [0.15, 0.2) is 0 Å². The molecule has 2 N–H and O–H groups in total. The van der Waals surface area contributed by atoms with Gasteiger partial charge in [0.1, 0.15) is 12.6 Å². The lowest BCUT2D eigenvalue weighted by molar-refractivity contribution is -0.147. The summed E-state index contributed by atoms with van der Waals surface area (Å²) >= 11 is 0. The van der Waals surface area contributed by atoms with Crippen LogP contribution < -0.4 is 10.6 Å². The van der Waals surface area contributed by atoms with Gasteiger partial charge in [0.2, 0.25) is 5.91 Å². The molecular weight excluding hydrogens is 300 g/mol. The van der Waals surface area contributed by atoms with Crippen molar-refractivity contribution in [3.63, 3.8) is 0 Å². The number of esters is 2. The predicted molar refractivity (Wildman–Crippen MR) is 84.6 cm³/mol. The standard InChI is InChI=1S/C16H28N2O5/c1-11(2)13(14(20)23-4)18-16(8-6-5-7-9-16)15(21)17-10-12(19)22-3/h11,13,18H,5-10H2,1-4H3,(H,17,21)/t13-/m0/s1. The SMILES string of the molecule is COC(=O)CNC(=O)C1(N[C@H](C(=O)OC)C(C)C)CCCCC1. The van der Waals surface area contributed by atoms with E-state index in [9.17, 15) is 14.4 Å². The second-order valence-corrected chi connectivity index (χ2v) is 6.29. The third-order valence-electron chi connectivity index (χ3n) is 4.32. The monoisotopic (exact) mass is 328 g/mol. The largest absolute Gasteiger partial charge is 0.468 e. The van der Waals surface area contributed by atoms with Gasteiger partial charge in [-0.2, -0.15) is 0 Å². The number of methoxy groups -OCH3 is 2. The van der Waals surface area contributed by atoms with E-state index in [-0.39, 0.29) is 24.3 Å². The summed E-state index contributed by atoms with van der Waals surface area (Å²) in [4.78, 5) is 35.9. The van der Waals surface area contributed by atoms with E-state index in [1.54, 1.807) is 0 Å². The van der Waals surface area contributed by atoms with Crippen LogP contribution in [0.15, 0.2) is 0 Å². The second kappa shape index (κ2) is 8.86. The minimum Gasteiger partial charge on any atom is -0.468 e. The van der Waals surface area contributed by atoms with Crippen LogP contribution >= 0.6 is 0 Å². The molecule has 0 unspecified atom stereocenters. The Hall–Kier alpha value is -1.63. The van der Waals surface area contributed by atoms with Crippen molar-refractivity contribution >= 4 is 17.8 Å². The van der Waals surface area contributed by atoms with Crippen LogP contribution in [-0.2, 0) is 23.9 Å². The number of carbonyl (C=O) groups is 3. The normalized spacial score (nSPS) is 18.1. The summed E-state index contributed by atoms with van der Waals surface area (Å²) in [6.07, 6.45) is 4.09. The molecule has 0 saturated heterocycles. The van der Waals surface area contributed by atoms with Gasteiger partial charge in [-0.1, -0.05) is 33.1 Å². The first-order valence-electron chi connectivity index (χ1n) is 8.07. The first-order chi connectivity index (χ1) is 10.9. The van der Waals surface area contributed by atoms with Crippen LogP contribution in [0.3, 0.4) is 0 Å². The molecule has 1 amide bonds. The van der Waals surface area contributed by atoms with Crippen molar-refractivity contribution in [3.05, 3.63) is 0 Å². The highest BCUT2D eigenvalue weighted by Crippen LogP contribution is 2.30. The molecule has 1 fully saturated rings. The van der Waals surface area contributed by atoms with E-state index in [1.807, 2.05) is 13.8 Å². The fourth-order valence-corrected chi connectivity index (χ4v) is 2.91. The average molecular weight is 328 g/mol. The molecule has 0 aromatic carbocycles. The van der Waals surface area contributed by atoms with Crippen LogP contribution in [0.5, 0.6) is 0 Å². The molecule has 1 atom stereocenters. The van der Waals surface area contributed by atoms with Gasteiger partial charge in [0.25, 0.3) is 0 Å². The Morgan fingerprint density at radius 3 is 2.13 bits per heavy atom. The summed E-state index contributed by atoms with van der Waals surface area (Å²) in [5.41, 5.74) is -0.852. The summed E-state index contributed by atoms with van der Waals surface area (Å²) in [5, 5.41) is 5.84. The Kier molecular flexibility index (Phi) is 7.48. The van der Waals surface area contributed by atoms with Crippen LogP contribution in [0.1, 0.15) is 46.0 Å². The number of nitrogens with one attached hydrogen (secondary N) is 2. The maximum atomic E-state index is 12.7. The van der Waals surface area contributed by atoms with Crippen molar-refractivity contribution in [1.82, 2.24) is 10.6 Å². The molecule has 1 saturated carbocycles. The topological polar surface area (TPSA) is 93.7 Å². The number of carbonyl (C=O) groups excluding carboxylic acids is 3. The number of amides is 1. The van der Waals surface area contributed by atoms with Crippen molar-refractivity contribution in [2.45, 2.75) is 57.5 Å². The number of hydrogen-bond donors (Lipinski definition) is 2. The molecule has 7 nitrogen and oxygen atoms in total. The van der Waals surface area contributed by atoms with Crippen molar-refractivity contribution in [2.24, 2.45) is 5.92 Å². The molecule has 0 spiro atoms. The Morgan fingerprint density at radius 2 is 1.65 bits per heavy atom. The molecule has 0 bridgehead atoms. The lowest BCUT2D eigenvalue weighted by atomic mass is 9.79. The second-order valence-electron chi connectivity index (χ2n) is 6.29. The van der Waals surface area contributed by atoms with E-state index < -0.39 is 17.6 Å². The minimum absolute atomic E-state index is 0.0188. The van der Waals surface area contributed by atoms with Gasteiger partial charge in [-0.15, -0.1) is 0 Å². The zero-order valence-electron chi connectivity index (χ0n) is 14.4. The summed E-state index contributed by atoms with van der Waals surface area (Å²) in [5.74, 6) is -1.17. The Bertz CT molecular complexity index is 430. The molecule has 0 radical (unpaired) electrons. The van der Waals surface area contributed by atoms with Crippen molar-refractivity contribution in [3.8, 4) is 0 Å². The van der Waals surface area contributed by atoms with E-state index in [0.29, 0.717) is 12.8 Å². The lowest BCUT2D eigenvalue weighted by Crippen LogP contribution is -2.63. The van der Waals surface area contributed by atoms with E-state index in [0.717, 1.165) is 19.3 Å². The van der Waals surface area contributed by atoms with Crippen LogP contribution in [0.2, 0.25) is 0 Å². The van der Waals surface area contributed by atoms with Gasteiger partial charge >= 0.3 is 11.9 Å². The molecule has 1 rings (SSSR count). The molecule has 0 aromatic heterocycles. The molecule has 0 heterocycles. The predicted octanol–water partition coefficient (Wildman–Crippen LogP) is 0.766. The van der Waals surface area contributed by atoms with Crippen LogP contribution in [0.25, 0.3) is 0 Å². The third-order valence-corrected chi connectivity index (χ3v) is 4.32. The summed E-state index contributed by atoms with van der Waals surface area (Å²) < 4.78 is 9.40. The summed E-state index contributed by atoms with van der Waals surface area (Å²) in [6.45, 7) is 3.62. The van der Waals surface area contributed by atoms with E-state index >= 15 is 0 Å². The average Bonchev–Trinajstić information content (AvgIpc) is 2.56. The van der Waals surface area contributed by atoms with Crippen LogP contribution in [0.4, 0.5) is 0 Å². The highest BCUT2D eigenvalue weighted by atomic mass is 16.5. The number of ether oxygens (including phenoxy) is 2. The maximum Gasteiger partial charge on any atom is 0.325 e. The summed E-state index contributed by atoms with van der Waals surface area (Å²) in [7, 11) is 2.61. The van der Waals surface area contributed by atoms with Crippen molar-refractivity contribution in [1.29, 1.82) is 0 Å². The van der Waals surface area contributed by atoms with Crippen molar-refractivity contribution in [2.75, 3.05) is 20.8 Å². The van der Waals surface area contributed by atoms with E-state index in [4.69, 9.17) is 4.74 Å². The van der Waals surface area contributed by atoms with E-state index in [1.165, 1.54) is 14.2 Å². The molecule has 1 aliphatic rings. The molecule has 0 aliphatic heterocycles. The highest BCUT2D eigenvalue weighted by Gasteiger charge is 2.43. The minimum atomic E-state index is -0.852. The zero-order chi connectivity index (χ0) is 17.5. The zero-order valence-corrected chi connectivity index (χ0v) is 14.4. The fourth-order valence-electron chi connectivity index (χ4n) is 2.91. The van der Waals surface area contributed by atoms with Gasteiger partial charge in [0, 0.05) is 0 Å². The smallest absolute Gasteiger partial charge is 0.325 e. The fraction of sp³-hybridized carbons (Fsp3) is 0.812. The molecule has 7 heteroatoms. The van der Waals surface area contributed by atoms with Gasteiger partial charge in [-0.25, -0.2) is 0 Å². The van der Waals surface area contributed by atoms with E-state index in [2.05, 4.69) is 15.4 Å². The van der Waals surface area contributed by atoms with Crippen molar-refractivity contribution < 1.29 is 23.9 Å². The number of hydrogen-bond acceptors (Lipinski definition) is 6. The van der Waals surface area contributed by atoms with Crippen LogP contribution in [0, 0.1) is 5.92 Å². The highest BCUT2D eigenvalue weighted by molar-refractivity contribution is 5.90. The molecular formula is C16H28N2O5. The first kappa shape index (κ1) is 19.4. The molecule has 0 aromatic rings. The Morgan fingerprint density at radius 1 is 1.04 bits per heavy atom. The van der Waals surface area contributed by atoms with Gasteiger partial charge in [0.05, 0.1) is 19.8 Å². The van der Waals surface area contributed by atoms with Gasteiger partial charge in [-0.3, -0.25) is 19.7 Å². The third kappa shape index (κ3) is 5.20.